The number of halogens is 3. The average molecular weight is 254 g/mol. The van der Waals surface area contributed by atoms with Crippen LogP contribution in [-0.4, -0.2) is 18.9 Å². The van der Waals surface area contributed by atoms with Gasteiger partial charge in [0.1, 0.15) is 5.82 Å². The molecule has 3 N–H and O–H groups in total. The van der Waals surface area contributed by atoms with Crippen molar-refractivity contribution in [3.8, 4) is 0 Å². The van der Waals surface area contributed by atoms with Crippen molar-refractivity contribution in [3.05, 3.63) is 34.6 Å². The molecule has 0 saturated carbocycles. The first-order chi connectivity index (χ1) is 7.16. The van der Waals surface area contributed by atoms with Crippen LogP contribution >= 0.6 is 11.6 Å². The van der Waals surface area contributed by atoms with Crippen molar-refractivity contribution in [3.63, 3.8) is 0 Å². The van der Waals surface area contributed by atoms with E-state index in [1.165, 1.54) is 6.07 Å². The molecule has 1 rings (SSSR count). The Hall–Kier alpha value is -0.710. The fourth-order valence-electron chi connectivity index (χ4n) is 1.10. The minimum Gasteiger partial charge on any atom is -0.396 e. The van der Waals surface area contributed by atoms with Crippen molar-refractivity contribution in [2.75, 3.05) is 13.8 Å². The fraction of sp³-hybridized carbons (Fsp3) is 0.455. The van der Waals surface area contributed by atoms with Crippen molar-refractivity contribution < 1.29 is 13.9 Å². The summed E-state index contributed by atoms with van der Waals surface area (Å²) in [7, 11) is 0.500. The van der Waals surface area contributed by atoms with Gasteiger partial charge in [-0.2, -0.15) is 0 Å². The first-order valence-electron chi connectivity index (χ1n) is 4.35. The lowest BCUT2D eigenvalue weighted by Gasteiger charge is -2.11. The monoisotopic (exact) mass is 253 g/mol. The van der Waals surface area contributed by atoms with E-state index < -0.39 is 11.9 Å². The third kappa shape index (κ3) is 4.88. The van der Waals surface area contributed by atoms with E-state index in [1.54, 1.807) is 12.1 Å². The smallest absolute Gasteiger partial charge is 0.146 e. The van der Waals surface area contributed by atoms with Gasteiger partial charge in [0.15, 0.2) is 0 Å². The third-order valence-electron chi connectivity index (χ3n) is 1.82. The molecule has 0 unspecified atom stereocenters. The molecule has 1 aromatic carbocycles. The Balaban J connectivity index is 0. The maximum atomic E-state index is 13.3. The van der Waals surface area contributed by atoms with Crippen LogP contribution in [0.15, 0.2) is 18.2 Å². The van der Waals surface area contributed by atoms with Crippen LogP contribution < -0.4 is 5.73 Å². The van der Waals surface area contributed by atoms with E-state index in [-0.39, 0.29) is 19.1 Å². The molecule has 0 aliphatic carbocycles. The quantitative estimate of drug-likeness (QED) is 0.870. The van der Waals surface area contributed by atoms with Crippen LogP contribution in [-0.2, 0) is 0 Å². The molecule has 0 aliphatic rings. The normalized spacial score (nSPS) is 10.9. The lowest BCUT2D eigenvalue weighted by Crippen LogP contribution is -2.13. The molecule has 0 fully saturated rings. The molecule has 0 aliphatic heterocycles. The second kappa shape index (κ2) is 9.51. The number of alkyl halides is 1. The highest BCUT2D eigenvalue weighted by Crippen LogP contribution is 2.23. The summed E-state index contributed by atoms with van der Waals surface area (Å²) in [6.07, 6.45) is 0.331. The van der Waals surface area contributed by atoms with Crippen LogP contribution in [0.2, 0.25) is 5.02 Å². The third-order valence-corrected chi connectivity index (χ3v) is 2.11. The number of aliphatic hydroxyl groups excluding tert-OH is 1. The van der Waals surface area contributed by atoms with Gasteiger partial charge in [-0.1, -0.05) is 31.2 Å². The van der Waals surface area contributed by atoms with Crippen LogP contribution in [0, 0.1) is 5.82 Å². The Labute approximate surface area is 100 Å². The predicted octanol–water partition coefficient (Wildman–Crippen LogP) is 3.08. The molecule has 1 atom stereocenters. The summed E-state index contributed by atoms with van der Waals surface area (Å²) in [5.74, 6) is -0.495. The molecule has 0 spiro atoms. The molecule has 0 bridgehead atoms. The van der Waals surface area contributed by atoms with Crippen LogP contribution in [0.1, 0.15) is 25.5 Å². The molecule has 2 nitrogen and oxygen atoms in total. The SMILES string of the molecule is C.CF.N[C@@H](CCO)c1cccc(Cl)c1F. The molecule has 0 aromatic heterocycles. The molecule has 1 aromatic rings. The maximum absolute atomic E-state index is 13.3. The summed E-state index contributed by atoms with van der Waals surface area (Å²) in [6.45, 7) is -0.0624. The second-order valence-electron chi connectivity index (χ2n) is 2.76. The largest absolute Gasteiger partial charge is 0.396 e. The van der Waals surface area contributed by atoms with E-state index in [0.717, 1.165) is 0 Å². The van der Waals surface area contributed by atoms with Gasteiger partial charge in [0.05, 0.1) is 12.2 Å². The van der Waals surface area contributed by atoms with Crippen molar-refractivity contribution in [1.82, 2.24) is 0 Å². The Morgan fingerprint density at radius 1 is 1.44 bits per heavy atom. The maximum Gasteiger partial charge on any atom is 0.146 e. The zero-order valence-electron chi connectivity index (χ0n) is 8.38. The van der Waals surface area contributed by atoms with Crippen molar-refractivity contribution >= 4 is 11.6 Å². The van der Waals surface area contributed by atoms with Gasteiger partial charge in [-0.25, -0.2) is 4.39 Å². The highest BCUT2D eigenvalue weighted by Gasteiger charge is 2.12. The summed E-state index contributed by atoms with van der Waals surface area (Å²) in [4.78, 5) is 0. The van der Waals surface area contributed by atoms with Gasteiger partial charge in [-0.15, -0.1) is 0 Å². The lowest BCUT2D eigenvalue weighted by atomic mass is 10.0. The van der Waals surface area contributed by atoms with Crippen LogP contribution in [0.4, 0.5) is 8.78 Å². The summed E-state index contributed by atoms with van der Waals surface area (Å²) in [5, 5.41) is 8.68. The van der Waals surface area contributed by atoms with Crippen LogP contribution in [0.3, 0.4) is 0 Å². The number of hydrogen-bond acceptors (Lipinski definition) is 2. The number of nitrogens with two attached hydrogens (primary N) is 1. The van der Waals surface area contributed by atoms with E-state index in [1.807, 2.05) is 0 Å². The standard InChI is InChI=1S/C9H11ClFNO.CH3F.CH4/c10-7-3-1-2-6(9(7)11)8(12)4-5-13;1-2;/h1-3,8,13H,4-5,12H2;1H3;1H4/t8-;;/m0../s1. The van der Waals surface area contributed by atoms with Crippen LogP contribution in [0.25, 0.3) is 0 Å². The molecule has 16 heavy (non-hydrogen) atoms. The van der Waals surface area contributed by atoms with Gasteiger partial charge in [0, 0.05) is 18.2 Å². The number of aliphatic hydroxyl groups is 1. The summed E-state index contributed by atoms with van der Waals surface area (Å²) in [5.41, 5.74) is 5.97. The van der Waals surface area contributed by atoms with E-state index >= 15 is 0 Å². The molecule has 94 valence electrons. The Kier molecular flexibility index (Phi) is 10.5. The van der Waals surface area contributed by atoms with Crippen molar-refractivity contribution in [2.45, 2.75) is 19.9 Å². The van der Waals surface area contributed by atoms with Gasteiger partial charge in [-0.3, -0.25) is 4.39 Å². The van der Waals surface area contributed by atoms with Crippen molar-refractivity contribution in [1.29, 1.82) is 0 Å². The Bertz CT molecular complexity index is 297. The first kappa shape index (κ1) is 17.7. The fourth-order valence-corrected chi connectivity index (χ4v) is 1.28. The van der Waals surface area contributed by atoms with Crippen molar-refractivity contribution in [2.24, 2.45) is 5.73 Å². The first-order valence-corrected chi connectivity index (χ1v) is 4.72. The van der Waals surface area contributed by atoms with Gasteiger partial charge in [0.2, 0.25) is 0 Å². The predicted molar refractivity (Wildman–Crippen MR) is 63.8 cm³/mol. The van der Waals surface area contributed by atoms with Gasteiger partial charge < -0.3 is 10.8 Å². The molecule has 0 heterocycles. The summed E-state index contributed by atoms with van der Waals surface area (Å²) in [6, 6.07) is 4.18. The van der Waals surface area contributed by atoms with Crippen LogP contribution in [0.5, 0.6) is 0 Å². The summed E-state index contributed by atoms with van der Waals surface area (Å²) >= 11 is 5.57. The van der Waals surface area contributed by atoms with E-state index in [2.05, 4.69) is 0 Å². The molecule has 0 saturated heterocycles. The van der Waals surface area contributed by atoms with E-state index in [4.69, 9.17) is 22.4 Å². The zero-order chi connectivity index (χ0) is 11.8. The minimum absolute atomic E-state index is 0. The molecular weight excluding hydrogens is 236 g/mol. The Morgan fingerprint density at radius 3 is 2.50 bits per heavy atom. The van der Waals surface area contributed by atoms with Gasteiger partial charge in [0.25, 0.3) is 0 Å². The zero-order valence-corrected chi connectivity index (χ0v) is 9.14. The van der Waals surface area contributed by atoms with Gasteiger partial charge >= 0.3 is 0 Å². The molecule has 5 heteroatoms. The van der Waals surface area contributed by atoms with Gasteiger partial charge in [-0.05, 0) is 12.5 Å². The molecule has 0 amide bonds. The topological polar surface area (TPSA) is 46.2 Å². The lowest BCUT2D eigenvalue weighted by molar-refractivity contribution is 0.275. The van der Waals surface area contributed by atoms with E-state index in [9.17, 15) is 8.78 Å². The Morgan fingerprint density at radius 2 is 2.00 bits per heavy atom. The second-order valence-corrected chi connectivity index (χ2v) is 3.17. The highest BCUT2D eigenvalue weighted by molar-refractivity contribution is 6.30. The number of benzene rings is 1. The molecule has 0 radical (unpaired) electrons. The average Bonchev–Trinajstić information content (AvgIpc) is 2.25. The number of hydrogen-bond donors (Lipinski definition) is 2. The highest BCUT2D eigenvalue weighted by atomic mass is 35.5. The number of rotatable bonds is 3. The van der Waals surface area contributed by atoms with E-state index in [0.29, 0.717) is 19.2 Å². The summed E-state index contributed by atoms with van der Waals surface area (Å²) < 4.78 is 22.8. The minimum atomic E-state index is -0.497. The molecular formula is C11H18ClF2NO.